The van der Waals surface area contributed by atoms with Crippen LogP contribution < -0.4 is 10.6 Å². The van der Waals surface area contributed by atoms with Crippen molar-refractivity contribution < 1.29 is 0 Å². The Morgan fingerprint density at radius 1 is 1.50 bits per heavy atom. The summed E-state index contributed by atoms with van der Waals surface area (Å²) >= 11 is 0. The summed E-state index contributed by atoms with van der Waals surface area (Å²) in [4.78, 5) is 6.51. The van der Waals surface area contributed by atoms with Gasteiger partial charge < -0.3 is 10.6 Å². The molecule has 0 saturated carbocycles. The minimum Gasteiger partial charge on any atom is -0.377 e. The van der Waals surface area contributed by atoms with E-state index in [4.69, 9.17) is 0 Å². The zero-order valence-electron chi connectivity index (χ0n) is 11.5. The second kappa shape index (κ2) is 7.54. The molecule has 0 aromatic carbocycles. The molecule has 0 saturated heterocycles. The first kappa shape index (κ1) is 14.3. The number of pyridine rings is 1. The van der Waals surface area contributed by atoms with Crippen molar-refractivity contribution in [1.82, 2.24) is 15.2 Å². The average molecular weight is 246 g/mol. The normalized spacial score (nSPS) is 10.0. The maximum atomic E-state index is 4.32. The number of hydrogen-bond donors (Lipinski definition) is 2. The van der Waals surface area contributed by atoms with Crippen molar-refractivity contribution in [3.63, 3.8) is 0 Å². The molecular weight excluding hydrogens is 224 g/mol. The number of anilines is 1. The molecule has 0 spiro atoms. The highest BCUT2D eigenvalue weighted by Gasteiger charge is 2.02. The van der Waals surface area contributed by atoms with E-state index in [2.05, 4.69) is 46.8 Å². The first-order chi connectivity index (χ1) is 8.71. The molecule has 1 rings (SSSR count). The molecule has 0 aliphatic rings. The van der Waals surface area contributed by atoms with Gasteiger partial charge in [0.25, 0.3) is 0 Å². The van der Waals surface area contributed by atoms with Crippen molar-refractivity contribution in [3.05, 3.63) is 36.3 Å². The molecule has 0 radical (unpaired) electrons. The lowest BCUT2D eigenvalue weighted by molar-refractivity contribution is 0.379. The van der Waals surface area contributed by atoms with E-state index in [1.807, 2.05) is 19.1 Å². The Morgan fingerprint density at radius 3 is 2.89 bits per heavy atom. The first-order valence-electron chi connectivity index (χ1n) is 6.24. The van der Waals surface area contributed by atoms with Crippen LogP contribution in [0.15, 0.2) is 30.6 Å². The smallest absolute Gasteiger partial charge is 0.103 e. The van der Waals surface area contributed by atoms with Crippen molar-refractivity contribution in [2.24, 2.45) is 0 Å². The van der Waals surface area contributed by atoms with E-state index < -0.39 is 0 Å². The van der Waals surface area contributed by atoms with E-state index in [1.165, 1.54) is 0 Å². The summed E-state index contributed by atoms with van der Waals surface area (Å²) in [5.74, 6) is 0. The Kier molecular flexibility index (Phi) is 5.98. The van der Waals surface area contributed by atoms with Crippen LogP contribution in [0.4, 0.5) is 5.69 Å². The van der Waals surface area contributed by atoms with Crippen molar-refractivity contribution >= 4 is 11.4 Å². The van der Waals surface area contributed by atoms with E-state index in [1.54, 1.807) is 6.20 Å². The van der Waals surface area contributed by atoms with Gasteiger partial charge in [-0.1, -0.05) is 13.5 Å². The van der Waals surface area contributed by atoms with Gasteiger partial charge in [-0.05, 0) is 32.6 Å². The average Bonchev–Trinajstić information content (AvgIpc) is 2.42. The summed E-state index contributed by atoms with van der Waals surface area (Å²) in [7, 11) is 2.07. The Bertz CT molecular complexity index is 422. The fourth-order valence-corrected chi connectivity index (χ4v) is 1.44. The summed E-state index contributed by atoms with van der Waals surface area (Å²) in [6.07, 6.45) is 1.79. The molecule has 2 N–H and O–H groups in total. The Morgan fingerprint density at radius 2 is 2.28 bits per heavy atom. The van der Waals surface area contributed by atoms with Gasteiger partial charge in [0.05, 0.1) is 12.4 Å². The molecule has 0 aliphatic carbocycles. The molecule has 4 heteroatoms. The van der Waals surface area contributed by atoms with Gasteiger partial charge in [0.2, 0.25) is 0 Å². The molecule has 18 heavy (non-hydrogen) atoms. The van der Waals surface area contributed by atoms with Crippen LogP contribution in [0.1, 0.15) is 19.5 Å². The van der Waals surface area contributed by atoms with Gasteiger partial charge in [-0.3, -0.25) is 9.88 Å². The van der Waals surface area contributed by atoms with Crippen molar-refractivity contribution in [2.45, 2.75) is 13.8 Å². The quantitative estimate of drug-likeness (QED) is 0.571. The van der Waals surface area contributed by atoms with Crippen LogP contribution in [0.2, 0.25) is 0 Å². The zero-order chi connectivity index (χ0) is 13.4. The van der Waals surface area contributed by atoms with E-state index in [0.717, 1.165) is 36.8 Å². The van der Waals surface area contributed by atoms with E-state index in [0.29, 0.717) is 0 Å². The molecular formula is C14H22N4. The highest BCUT2D eigenvalue weighted by Crippen LogP contribution is 2.13. The lowest BCUT2D eigenvalue weighted by atomic mass is 10.2. The van der Waals surface area contributed by atoms with Gasteiger partial charge in [0.15, 0.2) is 0 Å². The number of rotatable bonds is 7. The second-order valence-corrected chi connectivity index (χ2v) is 4.02. The van der Waals surface area contributed by atoms with E-state index >= 15 is 0 Å². The Balaban J connectivity index is 2.75. The SMILES string of the molecule is C=C=C(NCC)c1cc(NCN(C)CC)ccn1. The summed E-state index contributed by atoms with van der Waals surface area (Å²) in [6, 6.07) is 3.96. The lowest BCUT2D eigenvalue weighted by Gasteiger charge is -2.16. The predicted octanol–water partition coefficient (Wildman–Crippen LogP) is 2.14. The predicted molar refractivity (Wildman–Crippen MR) is 77.3 cm³/mol. The summed E-state index contributed by atoms with van der Waals surface area (Å²) in [5.41, 5.74) is 5.62. The Hall–Kier alpha value is -1.77. The number of aromatic nitrogens is 1. The lowest BCUT2D eigenvalue weighted by Crippen LogP contribution is -2.24. The topological polar surface area (TPSA) is 40.2 Å². The molecule has 1 heterocycles. The van der Waals surface area contributed by atoms with Crippen molar-refractivity contribution in [3.8, 4) is 0 Å². The maximum absolute atomic E-state index is 4.32. The van der Waals surface area contributed by atoms with Crippen LogP contribution in [-0.2, 0) is 0 Å². The third-order valence-electron chi connectivity index (χ3n) is 2.64. The monoisotopic (exact) mass is 246 g/mol. The molecule has 0 atom stereocenters. The number of hydrogen-bond acceptors (Lipinski definition) is 4. The second-order valence-electron chi connectivity index (χ2n) is 4.02. The van der Waals surface area contributed by atoms with Crippen LogP contribution in [-0.4, -0.2) is 36.7 Å². The molecule has 0 amide bonds. The standard InChI is InChI=1S/C14H22N4/c1-5-13(15-6-2)14-10-12(8-9-16-14)17-11-18(4)7-3/h8-10,15H,1,6-7,11H2,2-4H3,(H,16,17). The minimum atomic E-state index is 0.814. The molecule has 1 aromatic rings. The van der Waals surface area contributed by atoms with Crippen LogP contribution in [0.5, 0.6) is 0 Å². The highest BCUT2D eigenvalue weighted by molar-refractivity contribution is 5.63. The van der Waals surface area contributed by atoms with Gasteiger partial charge >= 0.3 is 0 Å². The largest absolute Gasteiger partial charge is 0.377 e. The van der Waals surface area contributed by atoms with E-state index in [9.17, 15) is 0 Å². The van der Waals surface area contributed by atoms with E-state index in [-0.39, 0.29) is 0 Å². The third-order valence-corrected chi connectivity index (χ3v) is 2.64. The van der Waals surface area contributed by atoms with Gasteiger partial charge in [0, 0.05) is 18.4 Å². The van der Waals surface area contributed by atoms with Crippen LogP contribution in [0.3, 0.4) is 0 Å². The van der Waals surface area contributed by atoms with Crippen molar-refractivity contribution in [1.29, 1.82) is 0 Å². The molecule has 0 bridgehead atoms. The van der Waals surface area contributed by atoms with Crippen LogP contribution >= 0.6 is 0 Å². The van der Waals surface area contributed by atoms with Crippen LogP contribution in [0.25, 0.3) is 5.70 Å². The van der Waals surface area contributed by atoms with Crippen LogP contribution in [0, 0.1) is 0 Å². The first-order valence-corrected chi connectivity index (χ1v) is 6.24. The molecule has 0 aliphatic heterocycles. The molecule has 4 nitrogen and oxygen atoms in total. The maximum Gasteiger partial charge on any atom is 0.103 e. The fraction of sp³-hybridized carbons (Fsp3) is 0.429. The summed E-state index contributed by atoms with van der Waals surface area (Å²) in [6.45, 7) is 10.5. The fourth-order valence-electron chi connectivity index (χ4n) is 1.44. The van der Waals surface area contributed by atoms with Crippen molar-refractivity contribution in [2.75, 3.05) is 32.1 Å². The highest BCUT2D eigenvalue weighted by atomic mass is 15.2. The van der Waals surface area contributed by atoms with Gasteiger partial charge in [-0.2, -0.15) is 0 Å². The minimum absolute atomic E-state index is 0.814. The Labute approximate surface area is 109 Å². The van der Waals surface area contributed by atoms with Gasteiger partial charge in [0.1, 0.15) is 5.70 Å². The van der Waals surface area contributed by atoms with Gasteiger partial charge in [-0.25, -0.2) is 0 Å². The zero-order valence-corrected chi connectivity index (χ0v) is 11.5. The molecule has 0 fully saturated rings. The molecule has 98 valence electrons. The molecule has 1 aromatic heterocycles. The van der Waals surface area contributed by atoms with Gasteiger partial charge in [-0.15, -0.1) is 5.73 Å². The summed E-state index contributed by atoms with van der Waals surface area (Å²) in [5, 5.41) is 6.55. The third kappa shape index (κ3) is 4.24. The molecule has 0 unspecified atom stereocenters. The summed E-state index contributed by atoms with van der Waals surface area (Å²) < 4.78 is 0. The number of nitrogens with one attached hydrogen (secondary N) is 2. The number of nitrogens with zero attached hydrogens (tertiary/aromatic N) is 2.